The molecule has 5 rings (SSSR count). The number of nitrogens with one attached hydrogen (secondary N) is 1. The van der Waals surface area contributed by atoms with Crippen LogP contribution in [0.2, 0.25) is 0 Å². The summed E-state index contributed by atoms with van der Waals surface area (Å²) in [6.07, 6.45) is 4.90. The summed E-state index contributed by atoms with van der Waals surface area (Å²) in [6.45, 7) is 3.22. The standard InChI is InChI=1S/C30H22B5N8O2/c1-15(31)23(32)24(33)25(34)26(35)43-20(16(2)38-29(44)22-27(36)40-42-12-5-11-37-28(22)42)14-18-7-4-6-17(21(18)30(43)45)8-9-19-10-13-41(3)39-19/h4-7,10-14,16H,1-3H3,(H2,36,40)(H,38,44)/b23-15-,25-24-. The van der Waals surface area contributed by atoms with E-state index in [9.17, 15) is 9.59 Å². The van der Waals surface area contributed by atoms with Crippen molar-refractivity contribution in [3.05, 3.63) is 110 Å². The van der Waals surface area contributed by atoms with Crippen LogP contribution in [0, 0.1) is 11.8 Å². The van der Waals surface area contributed by atoms with Crippen molar-refractivity contribution in [2.24, 2.45) is 7.05 Å². The van der Waals surface area contributed by atoms with Crippen molar-refractivity contribution in [3.8, 4) is 11.8 Å². The van der Waals surface area contributed by atoms with Crippen LogP contribution in [-0.4, -0.2) is 79.3 Å². The summed E-state index contributed by atoms with van der Waals surface area (Å²) in [5, 5.41) is 12.1. The van der Waals surface area contributed by atoms with Gasteiger partial charge in [-0.15, -0.1) is 0 Å². The molecule has 0 aliphatic carbocycles. The van der Waals surface area contributed by atoms with Gasteiger partial charge in [0.25, 0.3) is 0 Å². The first-order valence-electron chi connectivity index (χ1n) is 13.6. The number of aromatic nitrogens is 6. The average molecular weight is 581 g/mol. The van der Waals surface area contributed by atoms with E-state index in [0.717, 1.165) is 4.57 Å². The van der Waals surface area contributed by atoms with Gasteiger partial charge in [0.1, 0.15) is 0 Å². The molecular weight excluding hydrogens is 558 g/mol. The van der Waals surface area contributed by atoms with Crippen molar-refractivity contribution in [2.75, 3.05) is 5.73 Å². The van der Waals surface area contributed by atoms with Gasteiger partial charge < -0.3 is 0 Å². The molecule has 45 heavy (non-hydrogen) atoms. The van der Waals surface area contributed by atoms with Crippen LogP contribution in [0.15, 0.2) is 81.7 Å². The molecule has 0 saturated heterocycles. The number of rotatable bonds is 6. The zero-order chi connectivity index (χ0) is 32.6. The molecule has 1 amide bonds. The maximum atomic E-state index is 14.3. The molecule has 1 atom stereocenters. The first-order valence-corrected chi connectivity index (χ1v) is 13.6. The Bertz CT molecular complexity index is 2210. The third-order valence-corrected chi connectivity index (χ3v) is 7.08. The van der Waals surface area contributed by atoms with Gasteiger partial charge >= 0.3 is 266 Å². The van der Waals surface area contributed by atoms with Gasteiger partial charge in [0, 0.05) is 0 Å². The van der Waals surface area contributed by atoms with E-state index in [-0.39, 0.29) is 55.6 Å². The summed E-state index contributed by atoms with van der Waals surface area (Å²) in [6, 6.07) is 9.51. The molecule has 10 nitrogen and oxygen atoms in total. The van der Waals surface area contributed by atoms with Crippen molar-refractivity contribution < 1.29 is 4.79 Å². The van der Waals surface area contributed by atoms with E-state index in [0.29, 0.717) is 16.6 Å². The molecule has 209 valence electrons. The SMILES string of the molecule is [B]/C(C)=C([B])/C([B])=C(/[B])C(=[B])n1c(C(C)NC(=O)c2c(N)nn3cccnc23)cc2cccc(C#Cc3ccn(C)n3)c2c1=O. The van der Waals surface area contributed by atoms with Crippen molar-refractivity contribution in [3.63, 3.8) is 0 Å². The van der Waals surface area contributed by atoms with Gasteiger partial charge in [-0.25, -0.2) is 0 Å². The van der Waals surface area contributed by atoms with Crippen LogP contribution < -0.4 is 16.6 Å². The summed E-state index contributed by atoms with van der Waals surface area (Å²) in [7, 11) is 32.7. The molecule has 5 aromatic rings. The number of amides is 1. The number of nitrogens with two attached hydrogens (primary N) is 1. The summed E-state index contributed by atoms with van der Waals surface area (Å²) >= 11 is 0. The van der Waals surface area contributed by atoms with Gasteiger partial charge in [0.05, 0.1) is 0 Å². The Morgan fingerprint density at radius 1 is 1.02 bits per heavy atom. The molecule has 1 unspecified atom stereocenters. The normalized spacial score (nSPS) is 13.0. The fourth-order valence-corrected chi connectivity index (χ4v) is 4.75. The minimum atomic E-state index is -0.826. The number of benzene rings is 1. The number of hydrogen-bond donors (Lipinski definition) is 2. The summed E-state index contributed by atoms with van der Waals surface area (Å²) in [4.78, 5) is 32.1. The van der Waals surface area contributed by atoms with Crippen LogP contribution in [0.1, 0.15) is 47.2 Å². The monoisotopic (exact) mass is 581 g/mol. The second-order valence-electron chi connectivity index (χ2n) is 10.3. The zero-order valence-corrected chi connectivity index (χ0v) is 24.7. The Kier molecular flexibility index (Phi) is 8.60. The molecule has 3 N–H and O–H groups in total. The molecule has 1 aromatic carbocycles. The van der Waals surface area contributed by atoms with E-state index in [1.165, 1.54) is 10.7 Å². The first-order chi connectivity index (χ1) is 21.4. The first kappa shape index (κ1) is 31.2. The van der Waals surface area contributed by atoms with Crippen LogP contribution in [0.3, 0.4) is 0 Å². The molecule has 0 aliphatic rings. The van der Waals surface area contributed by atoms with E-state index < -0.39 is 17.5 Å². The summed E-state index contributed by atoms with van der Waals surface area (Å²) in [5.41, 5.74) is 6.74. The number of nitrogens with zero attached hydrogens (tertiary/aromatic N) is 6. The quantitative estimate of drug-likeness (QED) is 0.171. The molecule has 0 spiro atoms. The average Bonchev–Trinajstić information content (AvgIpc) is 3.59. The van der Waals surface area contributed by atoms with E-state index in [4.69, 9.17) is 44.6 Å². The fraction of sp³-hybridized carbons (Fsp3) is 0.133. The Hall–Kier alpha value is -5.24. The maximum absolute atomic E-state index is 14.3. The van der Waals surface area contributed by atoms with Crippen LogP contribution in [0.4, 0.5) is 5.82 Å². The molecular formula is C30H22B5N8O2. The Balaban J connectivity index is 1.69. The summed E-state index contributed by atoms with van der Waals surface area (Å²) in [5.74, 6) is 5.42. The molecule has 9 radical (unpaired) electrons. The van der Waals surface area contributed by atoms with Gasteiger partial charge in [-0.1, -0.05) is 0 Å². The number of pyridine rings is 1. The molecule has 0 bridgehead atoms. The van der Waals surface area contributed by atoms with Gasteiger partial charge in [-0.3, -0.25) is 0 Å². The van der Waals surface area contributed by atoms with Gasteiger partial charge in [-0.2, -0.15) is 0 Å². The Morgan fingerprint density at radius 3 is 2.47 bits per heavy atom. The number of carbonyl (C=O) groups is 1. The van der Waals surface area contributed by atoms with Gasteiger partial charge in [0.2, 0.25) is 0 Å². The van der Waals surface area contributed by atoms with Gasteiger partial charge in [-0.05, 0) is 0 Å². The third kappa shape index (κ3) is 5.96. The molecule has 15 heteroatoms. The number of carbonyl (C=O) groups excluding carboxylic acids is 1. The molecule has 0 fully saturated rings. The second-order valence-corrected chi connectivity index (χ2v) is 10.3. The fourth-order valence-electron chi connectivity index (χ4n) is 4.75. The number of anilines is 1. The molecule has 0 aliphatic heterocycles. The van der Waals surface area contributed by atoms with Crippen LogP contribution in [0.5, 0.6) is 0 Å². The predicted molar refractivity (Wildman–Crippen MR) is 180 cm³/mol. The number of aryl methyl sites for hydroxylation is 1. The van der Waals surface area contributed by atoms with Crippen LogP contribution in [-0.2, 0) is 7.05 Å². The van der Waals surface area contributed by atoms with E-state index in [1.807, 2.05) is 0 Å². The third-order valence-electron chi connectivity index (χ3n) is 7.08. The number of hydrogen-bond acceptors (Lipinski definition) is 6. The Labute approximate surface area is 265 Å². The van der Waals surface area contributed by atoms with Crippen LogP contribution >= 0.6 is 0 Å². The molecule has 4 heterocycles. The minimum absolute atomic E-state index is 0.00478. The number of nitrogen functional groups attached to an aromatic ring is 1. The van der Waals surface area contributed by atoms with Crippen molar-refractivity contribution >= 4 is 72.6 Å². The van der Waals surface area contributed by atoms with Crippen molar-refractivity contribution in [2.45, 2.75) is 19.9 Å². The van der Waals surface area contributed by atoms with E-state index >= 15 is 0 Å². The molecule has 0 saturated carbocycles. The topological polar surface area (TPSA) is 125 Å². The Morgan fingerprint density at radius 2 is 1.78 bits per heavy atom. The van der Waals surface area contributed by atoms with Crippen molar-refractivity contribution in [1.82, 2.24) is 34.3 Å². The second kappa shape index (κ2) is 12.4. The number of allylic oxidation sites excluding steroid dienone is 4. The van der Waals surface area contributed by atoms with Crippen LogP contribution in [0.25, 0.3) is 16.4 Å². The summed E-state index contributed by atoms with van der Waals surface area (Å²) < 4.78 is 4.18. The predicted octanol–water partition coefficient (Wildman–Crippen LogP) is 0.514. The molecule has 4 aromatic heterocycles. The van der Waals surface area contributed by atoms with E-state index in [1.54, 1.807) is 74.4 Å². The van der Waals surface area contributed by atoms with E-state index in [2.05, 4.69) is 32.3 Å². The van der Waals surface area contributed by atoms with Crippen molar-refractivity contribution in [1.29, 1.82) is 0 Å². The zero-order valence-electron chi connectivity index (χ0n) is 24.7. The number of fused-ring (bicyclic) bond motifs is 2. The van der Waals surface area contributed by atoms with Gasteiger partial charge in [0.15, 0.2) is 0 Å².